The smallest absolute Gasteiger partial charge is 0.241 e. The summed E-state index contributed by atoms with van der Waals surface area (Å²) in [6.45, 7) is 6.27. The van der Waals surface area contributed by atoms with E-state index in [1.165, 1.54) is 0 Å². The summed E-state index contributed by atoms with van der Waals surface area (Å²) in [5.74, 6) is 0.322. The fourth-order valence-corrected chi connectivity index (χ4v) is 4.79. The van der Waals surface area contributed by atoms with Gasteiger partial charge >= 0.3 is 0 Å². The molecule has 1 saturated carbocycles. The van der Waals surface area contributed by atoms with Gasteiger partial charge in [-0.2, -0.15) is 0 Å². The van der Waals surface area contributed by atoms with Crippen LogP contribution in [0.15, 0.2) is 29.2 Å². The normalized spacial score (nSPS) is 23.5. The van der Waals surface area contributed by atoms with Crippen LogP contribution in [0.1, 0.15) is 52.0 Å². The van der Waals surface area contributed by atoms with Gasteiger partial charge in [0.1, 0.15) is 0 Å². The Bertz CT molecular complexity index is 597. The van der Waals surface area contributed by atoms with Crippen LogP contribution < -0.4 is 4.72 Å². The van der Waals surface area contributed by atoms with Crippen molar-refractivity contribution in [2.45, 2.75) is 62.8 Å². The minimum atomic E-state index is -3.51. The zero-order valence-corrected chi connectivity index (χ0v) is 14.5. The number of benzene rings is 1. The van der Waals surface area contributed by atoms with E-state index in [4.69, 9.17) is 0 Å². The minimum Gasteiger partial charge on any atom is -0.396 e. The summed E-state index contributed by atoms with van der Waals surface area (Å²) in [6.07, 6.45) is 3.35. The fraction of sp³-hybridized carbons (Fsp3) is 0.647. The van der Waals surface area contributed by atoms with E-state index in [1.54, 1.807) is 12.1 Å². The first-order chi connectivity index (χ1) is 10.2. The molecule has 1 aromatic rings. The molecule has 0 unspecified atom stereocenters. The van der Waals surface area contributed by atoms with Gasteiger partial charge in [0.15, 0.2) is 0 Å². The Morgan fingerprint density at radius 2 is 1.73 bits per heavy atom. The lowest BCUT2D eigenvalue weighted by Crippen LogP contribution is -2.38. The van der Waals surface area contributed by atoms with Crippen molar-refractivity contribution in [3.8, 4) is 0 Å². The average Bonchev–Trinajstić information content (AvgIpc) is 2.47. The van der Waals surface area contributed by atoms with E-state index < -0.39 is 10.0 Å². The van der Waals surface area contributed by atoms with Crippen molar-refractivity contribution in [2.24, 2.45) is 5.92 Å². The number of hydrogen-bond acceptors (Lipinski definition) is 3. The molecule has 0 saturated heterocycles. The summed E-state index contributed by atoms with van der Waals surface area (Å²) < 4.78 is 28.4. The molecule has 0 spiro atoms. The van der Waals surface area contributed by atoms with E-state index in [1.807, 2.05) is 32.9 Å². The van der Waals surface area contributed by atoms with Crippen LogP contribution in [0, 0.1) is 5.92 Å². The second-order valence-electron chi connectivity index (χ2n) is 7.27. The lowest BCUT2D eigenvalue weighted by molar-refractivity contribution is 0.180. The molecule has 0 aromatic heterocycles. The number of nitrogens with one attached hydrogen (secondary N) is 1. The molecule has 0 atom stereocenters. The lowest BCUT2D eigenvalue weighted by Gasteiger charge is -2.29. The van der Waals surface area contributed by atoms with Gasteiger partial charge in [0, 0.05) is 12.6 Å². The van der Waals surface area contributed by atoms with Crippen molar-refractivity contribution in [2.75, 3.05) is 6.61 Å². The summed E-state index contributed by atoms with van der Waals surface area (Å²) in [6, 6.07) is 7.19. The molecule has 1 aromatic carbocycles. The largest absolute Gasteiger partial charge is 0.396 e. The van der Waals surface area contributed by atoms with Crippen LogP contribution in [0.25, 0.3) is 0 Å². The molecule has 2 rings (SSSR count). The standard InChI is InChI=1S/C17H27NO3S/c1-17(2,3)15-6-4-5-7-16(15)22(20,21)18-14-10-8-13(12-19)9-11-14/h4-7,13-14,18-19H,8-12H2,1-3H3. The van der Waals surface area contributed by atoms with Crippen molar-refractivity contribution in [3.05, 3.63) is 29.8 Å². The number of aliphatic hydroxyl groups excluding tert-OH is 1. The molecule has 5 heteroatoms. The molecule has 0 amide bonds. The van der Waals surface area contributed by atoms with Crippen LogP contribution >= 0.6 is 0 Å². The summed E-state index contributed by atoms with van der Waals surface area (Å²) in [7, 11) is -3.51. The fourth-order valence-electron chi connectivity index (χ4n) is 3.07. The Hall–Kier alpha value is -0.910. The molecule has 1 aliphatic rings. The number of hydrogen-bond donors (Lipinski definition) is 2. The number of rotatable bonds is 4. The van der Waals surface area contributed by atoms with Crippen molar-refractivity contribution >= 4 is 10.0 Å². The third-order valence-corrected chi connectivity index (χ3v) is 5.99. The Morgan fingerprint density at radius 1 is 1.14 bits per heavy atom. The highest BCUT2D eigenvalue weighted by Gasteiger charge is 2.29. The van der Waals surface area contributed by atoms with Gasteiger partial charge in [-0.3, -0.25) is 0 Å². The second kappa shape index (κ2) is 6.69. The van der Waals surface area contributed by atoms with Gasteiger partial charge in [-0.1, -0.05) is 39.0 Å². The van der Waals surface area contributed by atoms with Crippen molar-refractivity contribution in [1.82, 2.24) is 4.72 Å². The Labute approximate surface area is 134 Å². The van der Waals surface area contributed by atoms with Crippen LogP contribution in [0.3, 0.4) is 0 Å². The Balaban J connectivity index is 2.18. The summed E-state index contributed by atoms with van der Waals surface area (Å²) in [5.41, 5.74) is 0.617. The molecule has 1 fully saturated rings. The maximum Gasteiger partial charge on any atom is 0.241 e. The molecule has 1 aliphatic carbocycles. The SMILES string of the molecule is CC(C)(C)c1ccccc1S(=O)(=O)NC1CCC(CO)CC1. The summed E-state index contributed by atoms with van der Waals surface area (Å²) in [4.78, 5) is 0.381. The van der Waals surface area contributed by atoms with E-state index in [2.05, 4.69) is 4.72 Å². The zero-order chi connectivity index (χ0) is 16.4. The molecular formula is C17H27NO3S. The number of sulfonamides is 1. The van der Waals surface area contributed by atoms with Gasteiger partial charge in [0.05, 0.1) is 4.90 Å². The predicted octanol–water partition coefficient (Wildman–Crippen LogP) is 2.81. The molecule has 22 heavy (non-hydrogen) atoms. The van der Waals surface area contributed by atoms with E-state index in [0.717, 1.165) is 31.2 Å². The first kappa shape index (κ1) is 17.4. The Kier molecular flexibility index (Phi) is 5.30. The molecule has 0 radical (unpaired) electrons. The summed E-state index contributed by atoms with van der Waals surface area (Å²) in [5, 5.41) is 9.18. The molecule has 4 nitrogen and oxygen atoms in total. The lowest BCUT2D eigenvalue weighted by atomic mass is 9.87. The first-order valence-corrected chi connectivity index (χ1v) is 9.45. The summed E-state index contributed by atoms with van der Waals surface area (Å²) >= 11 is 0. The van der Waals surface area contributed by atoms with Crippen molar-refractivity contribution in [3.63, 3.8) is 0 Å². The Morgan fingerprint density at radius 3 is 2.27 bits per heavy atom. The maximum absolute atomic E-state index is 12.8. The third-order valence-electron chi connectivity index (χ3n) is 4.41. The van der Waals surface area contributed by atoms with Gasteiger partial charge < -0.3 is 5.11 Å². The predicted molar refractivity (Wildman–Crippen MR) is 88.3 cm³/mol. The van der Waals surface area contributed by atoms with E-state index >= 15 is 0 Å². The quantitative estimate of drug-likeness (QED) is 0.894. The zero-order valence-electron chi connectivity index (χ0n) is 13.7. The first-order valence-electron chi connectivity index (χ1n) is 7.97. The van der Waals surface area contributed by atoms with Gasteiger partial charge in [-0.25, -0.2) is 13.1 Å². The molecule has 124 valence electrons. The number of aliphatic hydroxyl groups is 1. The maximum atomic E-state index is 12.8. The van der Waals surface area contributed by atoms with Gasteiger partial charge in [0.25, 0.3) is 0 Å². The van der Waals surface area contributed by atoms with Crippen molar-refractivity contribution < 1.29 is 13.5 Å². The van der Waals surface area contributed by atoms with Crippen molar-refractivity contribution in [1.29, 1.82) is 0 Å². The highest BCUT2D eigenvalue weighted by atomic mass is 32.2. The topological polar surface area (TPSA) is 66.4 Å². The van der Waals surface area contributed by atoms with E-state index in [0.29, 0.717) is 10.8 Å². The highest BCUT2D eigenvalue weighted by molar-refractivity contribution is 7.89. The van der Waals surface area contributed by atoms with Crippen LogP contribution in [0.4, 0.5) is 0 Å². The molecule has 0 aliphatic heterocycles. The molecule has 0 heterocycles. The van der Waals surface area contributed by atoms with Gasteiger partial charge in [-0.05, 0) is 48.6 Å². The third kappa shape index (κ3) is 4.09. The highest BCUT2D eigenvalue weighted by Crippen LogP contribution is 2.30. The van der Waals surface area contributed by atoms with Crippen LogP contribution in [-0.2, 0) is 15.4 Å². The van der Waals surface area contributed by atoms with E-state index in [9.17, 15) is 13.5 Å². The average molecular weight is 325 g/mol. The second-order valence-corrected chi connectivity index (χ2v) is 8.95. The molecular weight excluding hydrogens is 298 g/mol. The van der Waals surface area contributed by atoms with Crippen LogP contribution in [0.5, 0.6) is 0 Å². The minimum absolute atomic E-state index is 0.0270. The van der Waals surface area contributed by atoms with Gasteiger partial charge in [0.2, 0.25) is 10.0 Å². The monoisotopic (exact) mass is 325 g/mol. The van der Waals surface area contributed by atoms with Gasteiger partial charge in [-0.15, -0.1) is 0 Å². The molecule has 2 N–H and O–H groups in total. The van der Waals surface area contributed by atoms with Crippen LogP contribution in [0.2, 0.25) is 0 Å². The molecule has 0 bridgehead atoms. The van der Waals surface area contributed by atoms with E-state index in [-0.39, 0.29) is 18.1 Å². The van der Waals surface area contributed by atoms with Crippen LogP contribution in [-0.4, -0.2) is 26.2 Å².